The van der Waals surface area contributed by atoms with Crippen LogP contribution in [-0.2, 0) is 4.74 Å². The van der Waals surface area contributed by atoms with E-state index in [1.165, 1.54) is 0 Å². The summed E-state index contributed by atoms with van der Waals surface area (Å²) in [5, 5.41) is 4.82. The third-order valence-electron chi connectivity index (χ3n) is 5.15. The molecule has 172 valence electrons. The predicted molar refractivity (Wildman–Crippen MR) is 132 cm³/mol. The zero-order valence-electron chi connectivity index (χ0n) is 19.3. The van der Waals surface area contributed by atoms with Crippen molar-refractivity contribution in [1.82, 2.24) is 9.78 Å². The molecule has 0 aliphatic rings. The molecule has 7 heteroatoms. The molecule has 0 aliphatic carbocycles. The highest BCUT2D eigenvalue weighted by molar-refractivity contribution is 5.92. The summed E-state index contributed by atoms with van der Waals surface area (Å²) in [6.45, 7) is 2.12. The Labute approximate surface area is 198 Å². The molecular formula is C27H25N3O4. The van der Waals surface area contributed by atoms with Crippen LogP contribution in [0.2, 0.25) is 0 Å². The first-order valence-electron chi connectivity index (χ1n) is 10.8. The monoisotopic (exact) mass is 455 g/mol. The van der Waals surface area contributed by atoms with E-state index in [0.717, 1.165) is 22.5 Å². The summed E-state index contributed by atoms with van der Waals surface area (Å²) in [6.07, 6.45) is 3.69. The first kappa shape index (κ1) is 22.8. The molecular weight excluding hydrogens is 430 g/mol. The van der Waals surface area contributed by atoms with Crippen molar-refractivity contribution >= 4 is 17.9 Å². The van der Waals surface area contributed by atoms with Gasteiger partial charge >= 0.3 is 5.97 Å². The van der Waals surface area contributed by atoms with Gasteiger partial charge in [0.05, 0.1) is 37.8 Å². The summed E-state index contributed by atoms with van der Waals surface area (Å²) in [6, 6.07) is 22.5. The van der Waals surface area contributed by atoms with Gasteiger partial charge in [-0.3, -0.25) is 4.99 Å². The second kappa shape index (κ2) is 10.5. The van der Waals surface area contributed by atoms with Gasteiger partial charge in [-0.2, -0.15) is 5.10 Å². The minimum Gasteiger partial charge on any atom is -0.493 e. The maximum absolute atomic E-state index is 11.9. The van der Waals surface area contributed by atoms with E-state index in [0.29, 0.717) is 29.4 Å². The van der Waals surface area contributed by atoms with Gasteiger partial charge in [0.15, 0.2) is 11.5 Å². The molecule has 1 aromatic heterocycles. The number of para-hydroxylation sites is 1. The smallest absolute Gasteiger partial charge is 0.338 e. The van der Waals surface area contributed by atoms with Gasteiger partial charge in [-0.25, -0.2) is 9.48 Å². The standard InChI is InChI=1S/C27H25N3O4/c1-4-34-27(31)19-10-13-22(14-11-19)28-17-21-18-30(23-8-6-5-7-9-23)29-26(21)20-12-15-24(32-2)25(16-20)33-3/h5-18H,4H2,1-3H3. The van der Waals surface area contributed by atoms with Gasteiger partial charge in [-0.1, -0.05) is 18.2 Å². The van der Waals surface area contributed by atoms with E-state index in [4.69, 9.17) is 19.3 Å². The van der Waals surface area contributed by atoms with E-state index in [9.17, 15) is 4.79 Å². The molecule has 0 radical (unpaired) electrons. The number of methoxy groups -OCH3 is 2. The molecule has 0 saturated heterocycles. The van der Waals surface area contributed by atoms with E-state index in [-0.39, 0.29) is 5.97 Å². The Morgan fingerprint density at radius 2 is 1.71 bits per heavy atom. The van der Waals surface area contributed by atoms with Gasteiger partial charge in [0, 0.05) is 23.5 Å². The number of carbonyl (C=O) groups is 1. The number of aliphatic imine (C=N–C) groups is 1. The molecule has 34 heavy (non-hydrogen) atoms. The van der Waals surface area contributed by atoms with Crippen LogP contribution in [0.4, 0.5) is 5.69 Å². The second-order valence-electron chi connectivity index (χ2n) is 7.31. The van der Waals surface area contributed by atoms with Crippen LogP contribution in [0.3, 0.4) is 0 Å². The zero-order chi connectivity index (χ0) is 23.9. The second-order valence-corrected chi connectivity index (χ2v) is 7.31. The Bertz CT molecular complexity index is 1300. The lowest BCUT2D eigenvalue weighted by molar-refractivity contribution is 0.0526. The number of hydrogen-bond donors (Lipinski definition) is 0. The fourth-order valence-corrected chi connectivity index (χ4v) is 3.44. The average molecular weight is 456 g/mol. The Balaban J connectivity index is 1.71. The van der Waals surface area contributed by atoms with Crippen molar-refractivity contribution in [3.8, 4) is 28.4 Å². The molecule has 4 rings (SSSR count). The Hall–Kier alpha value is -4.39. The van der Waals surface area contributed by atoms with Gasteiger partial charge < -0.3 is 14.2 Å². The maximum atomic E-state index is 11.9. The summed E-state index contributed by atoms with van der Waals surface area (Å²) in [4.78, 5) is 16.5. The molecule has 0 fully saturated rings. The van der Waals surface area contributed by atoms with E-state index < -0.39 is 0 Å². The van der Waals surface area contributed by atoms with E-state index in [1.807, 2.05) is 59.4 Å². The van der Waals surface area contributed by atoms with Crippen molar-refractivity contribution in [3.63, 3.8) is 0 Å². The Kier molecular flexibility index (Phi) is 7.03. The first-order valence-corrected chi connectivity index (χ1v) is 10.8. The molecule has 0 atom stereocenters. The number of aromatic nitrogens is 2. The van der Waals surface area contributed by atoms with Crippen molar-refractivity contribution in [2.24, 2.45) is 4.99 Å². The molecule has 0 saturated carbocycles. The minimum absolute atomic E-state index is 0.336. The lowest BCUT2D eigenvalue weighted by Crippen LogP contribution is -2.03. The van der Waals surface area contributed by atoms with Crippen molar-refractivity contribution < 1.29 is 19.0 Å². The van der Waals surface area contributed by atoms with E-state index in [1.54, 1.807) is 51.6 Å². The van der Waals surface area contributed by atoms with Crippen molar-refractivity contribution in [2.45, 2.75) is 6.92 Å². The summed E-state index contributed by atoms with van der Waals surface area (Å²) < 4.78 is 17.7. The van der Waals surface area contributed by atoms with Crippen LogP contribution in [-0.4, -0.2) is 42.8 Å². The van der Waals surface area contributed by atoms with Gasteiger partial charge in [0.1, 0.15) is 5.69 Å². The highest BCUT2D eigenvalue weighted by Crippen LogP contribution is 2.33. The van der Waals surface area contributed by atoms with E-state index in [2.05, 4.69) is 4.99 Å². The van der Waals surface area contributed by atoms with Crippen LogP contribution >= 0.6 is 0 Å². The Morgan fingerprint density at radius 1 is 0.971 bits per heavy atom. The summed E-state index contributed by atoms with van der Waals surface area (Å²) in [5.74, 6) is 0.912. The number of hydrogen-bond acceptors (Lipinski definition) is 6. The zero-order valence-corrected chi connectivity index (χ0v) is 19.3. The van der Waals surface area contributed by atoms with Crippen molar-refractivity contribution in [2.75, 3.05) is 20.8 Å². The van der Waals surface area contributed by atoms with Crippen molar-refractivity contribution in [3.05, 3.63) is 90.1 Å². The van der Waals surface area contributed by atoms with Gasteiger partial charge in [-0.15, -0.1) is 0 Å². The van der Waals surface area contributed by atoms with Crippen LogP contribution in [0.25, 0.3) is 16.9 Å². The molecule has 0 amide bonds. The quantitative estimate of drug-likeness (QED) is 0.260. The fraction of sp³-hybridized carbons (Fsp3) is 0.148. The van der Waals surface area contributed by atoms with Crippen molar-refractivity contribution in [1.29, 1.82) is 0 Å². The normalized spacial score (nSPS) is 10.9. The lowest BCUT2D eigenvalue weighted by Gasteiger charge is -2.09. The summed E-state index contributed by atoms with van der Waals surface area (Å²) in [7, 11) is 3.21. The molecule has 1 heterocycles. The molecule has 0 spiro atoms. The molecule has 3 aromatic carbocycles. The topological polar surface area (TPSA) is 74.9 Å². The molecule has 7 nitrogen and oxygen atoms in total. The molecule has 0 bridgehead atoms. The number of benzene rings is 3. The number of rotatable bonds is 8. The highest BCUT2D eigenvalue weighted by atomic mass is 16.5. The number of esters is 1. The SMILES string of the molecule is CCOC(=O)c1ccc(N=Cc2cn(-c3ccccc3)nc2-c2ccc(OC)c(OC)c2)cc1. The van der Waals surface area contributed by atoms with Gasteiger partial charge in [0.2, 0.25) is 0 Å². The van der Waals surface area contributed by atoms with Crippen LogP contribution in [0, 0.1) is 0 Å². The minimum atomic E-state index is -0.349. The predicted octanol–water partition coefficient (Wildman–Crippen LogP) is 5.48. The summed E-state index contributed by atoms with van der Waals surface area (Å²) >= 11 is 0. The third-order valence-corrected chi connectivity index (χ3v) is 5.15. The first-order chi connectivity index (χ1) is 16.6. The van der Waals surface area contributed by atoms with Crippen LogP contribution in [0.5, 0.6) is 11.5 Å². The molecule has 4 aromatic rings. The highest BCUT2D eigenvalue weighted by Gasteiger charge is 2.14. The molecule has 0 aliphatic heterocycles. The van der Waals surface area contributed by atoms with Gasteiger partial charge in [-0.05, 0) is 61.5 Å². The molecule has 0 N–H and O–H groups in total. The van der Waals surface area contributed by atoms with Crippen LogP contribution < -0.4 is 9.47 Å². The Morgan fingerprint density at radius 3 is 2.38 bits per heavy atom. The van der Waals surface area contributed by atoms with Crippen LogP contribution in [0.1, 0.15) is 22.8 Å². The third kappa shape index (κ3) is 4.99. The lowest BCUT2D eigenvalue weighted by atomic mass is 10.1. The number of carbonyl (C=O) groups excluding carboxylic acids is 1. The average Bonchev–Trinajstić information content (AvgIpc) is 3.32. The maximum Gasteiger partial charge on any atom is 0.338 e. The summed E-state index contributed by atoms with van der Waals surface area (Å²) in [5.41, 5.74) is 4.57. The van der Waals surface area contributed by atoms with Gasteiger partial charge in [0.25, 0.3) is 0 Å². The van der Waals surface area contributed by atoms with Crippen LogP contribution in [0.15, 0.2) is 84.0 Å². The number of ether oxygens (including phenoxy) is 3. The number of nitrogens with zero attached hydrogens (tertiary/aromatic N) is 3. The molecule has 0 unspecified atom stereocenters. The van der Waals surface area contributed by atoms with E-state index >= 15 is 0 Å². The largest absolute Gasteiger partial charge is 0.493 e. The fourth-order valence-electron chi connectivity index (χ4n) is 3.44.